The van der Waals surface area contributed by atoms with Crippen LogP contribution >= 0.6 is 0 Å². The summed E-state index contributed by atoms with van der Waals surface area (Å²) in [5.74, 6) is -2.31. The Hall–Kier alpha value is -1.92. The van der Waals surface area contributed by atoms with E-state index in [-0.39, 0.29) is 5.56 Å². The molecule has 1 aromatic carbocycles. The number of aromatic hydroxyl groups is 2. The van der Waals surface area contributed by atoms with Gasteiger partial charge in [-0.3, -0.25) is 4.79 Å². The number of nitrogens with zero attached hydrogens (tertiary/aromatic N) is 1. The molecule has 4 nitrogen and oxygen atoms in total. The molecule has 0 aromatic heterocycles. The number of phenols is 2. The van der Waals surface area contributed by atoms with E-state index >= 15 is 0 Å². The minimum Gasteiger partial charge on any atom is -0.504 e. The Morgan fingerprint density at radius 2 is 1.94 bits per heavy atom. The molecule has 0 heterocycles. The minimum absolute atomic E-state index is 0.378. The lowest BCUT2D eigenvalue weighted by Gasteiger charge is -2.19. The molecule has 0 spiro atoms. The Balaban J connectivity index is 2.93. The molecule has 0 saturated heterocycles. The van der Waals surface area contributed by atoms with E-state index in [2.05, 4.69) is 0 Å². The number of halogens is 3. The number of hydrogen-bond donors (Lipinski definition) is 2. The van der Waals surface area contributed by atoms with Gasteiger partial charge in [0.2, 0.25) is 0 Å². The first-order valence-corrected chi connectivity index (χ1v) is 4.55. The standard InChI is InChI=1S/C10H10F3NO3/c1-14(5-10(11,12)13)9(17)6-3-2-4-7(15)8(6)16/h2-4,15-16H,5H2,1H3. The normalized spacial score (nSPS) is 11.3. The van der Waals surface area contributed by atoms with Crippen LogP contribution in [-0.4, -0.2) is 40.8 Å². The van der Waals surface area contributed by atoms with Crippen molar-refractivity contribution in [2.24, 2.45) is 0 Å². The second kappa shape index (κ2) is 4.52. The lowest BCUT2D eigenvalue weighted by molar-refractivity contribution is -0.138. The molecule has 0 aliphatic rings. The monoisotopic (exact) mass is 249 g/mol. The van der Waals surface area contributed by atoms with Gasteiger partial charge in [-0.1, -0.05) is 6.07 Å². The molecular weight excluding hydrogens is 239 g/mol. The number of para-hydroxylation sites is 1. The second-order valence-electron chi connectivity index (χ2n) is 3.45. The smallest absolute Gasteiger partial charge is 0.406 e. The van der Waals surface area contributed by atoms with E-state index in [9.17, 15) is 23.1 Å². The summed E-state index contributed by atoms with van der Waals surface area (Å²) < 4.78 is 36.2. The molecule has 0 fully saturated rings. The SMILES string of the molecule is CN(CC(F)(F)F)C(=O)c1cccc(O)c1O. The van der Waals surface area contributed by atoms with Crippen LogP contribution in [0.3, 0.4) is 0 Å². The zero-order valence-electron chi connectivity index (χ0n) is 8.82. The van der Waals surface area contributed by atoms with Crippen LogP contribution in [0, 0.1) is 0 Å². The number of phenolic OH excluding ortho intramolecular Hbond substituents is 2. The molecule has 94 valence electrons. The molecule has 17 heavy (non-hydrogen) atoms. The van der Waals surface area contributed by atoms with Gasteiger partial charge in [-0.15, -0.1) is 0 Å². The van der Waals surface area contributed by atoms with Crippen LogP contribution < -0.4 is 0 Å². The fourth-order valence-corrected chi connectivity index (χ4v) is 1.25. The highest BCUT2D eigenvalue weighted by atomic mass is 19.4. The molecule has 0 aliphatic heterocycles. The van der Waals surface area contributed by atoms with Crippen molar-refractivity contribution < 1.29 is 28.2 Å². The lowest BCUT2D eigenvalue weighted by Crippen LogP contribution is -2.35. The maximum Gasteiger partial charge on any atom is 0.406 e. The summed E-state index contributed by atoms with van der Waals surface area (Å²) in [7, 11) is 0.958. The van der Waals surface area contributed by atoms with Crippen molar-refractivity contribution in [1.29, 1.82) is 0 Å². The zero-order valence-corrected chi connectivity index (χ0v) is 8.82. The van der Waals surface area contributed by atoms with Crippen LogP contribution in [-0.2, 0) is 0 Å². The minimum atomic E-state index is -4.52. The number of rotatable bonds is 2. The Morgan fingerprint density at radius 1 is 1.35 bits per heavy atom. The van der Waals surface area contributed by atoms with Crippen molar-refractivity contribution in [3.8, 4) is 11.5 Å². The Labute approximate surface area is 94.9 Å². The summed E-state index contributed by atoms with van der Waals surface area (Å²) in [6.45, 7) is -1.43. The molecule has 1 rings (SSSR count). The Bertz CT molecular complexity index is 431. The third-order valence-electron chi connectivity index (χ3n) is 2.01. The summed E-state index contributed by atoms with van der Waals surface area (Å²) in [6.07, 6.45) is -4.52. The molecule has 2 N–H and O–H groups in total. The number of alkyl halides is 3. The van der Waals surface area contributed by atoms with E-state index < -0.39 is 30.1 Å². The Kier molecular flexibility index (Phi) is 3.50. The van der Waals surface area contributed by atoms with Crippen LogP contribution in [0.2, 0.25) is 0 Å². The topological polar surface area (TPSA) is 60.8 Å². The third-order valence-corrected chi connectivity index (χ3v) is 2.01. The lowest BCUT2D eigenvalue weighted by atomic mass is 10.1. The van der Waals surface area contributed by atoms with E-state index in [4.69, 9.17) is 5.11 Å². The van der Waals surface area contributed by atoms with E-state index in [1.165, 1.54) is 6.07 Å². The van der Waals surface area contributed by atoms with Crippen molar-refractivity contribution in [2.45, 2.75) is 6.18 Å². The maximum absolute atomic E-state index is 12.1. The molecule has 0 radical (unpaired) electrons. The predicted molar refractivity (Wildman–Crippen MR) is 52.8 cm³/mol. The van der Waals surface area contributed by atoms with E-state index in [0.29, 0.717) is 4.90 Å². The average molecular weight is 249 g/mol. The maximum atomic E-state index is 12.1. The van der Waals surface area contributed by atoms with E-state index in [1.54, 1.807) is 0 Å². The fraction of sp³-hybridized carbons (Fsp3) is 0.300. The van der Waals surface area contributed by atoms with Crippen molar-refractivity contribution in [3.05, 3.63) is 23.8 Å². The van der Waals surface area contributed by atoms with Gasteiger partial charge in [0, 0.05) is 7.05 Å². The first-order valence-electron chi connectivity index (χ1n) is 4.55. The first kappa shape index (κ1) is 13.1. The zero-order chi connectivity index (χ0) is 13.2. The van der Waals surface area contributed by atoms with E-state index in [1.807, 2.05) is 0 Å². The highest BCUT2D eigenvalue weighted by Crippen LogP contribution is 2.29. The second-order valence-corrected chi connectivity index (χ2v) is 3.45. The quantitative estimate of drug-likeness (QED) is 0.785. The van der Waals surface area contributed by atoms with Crippen LogP contribution in [0.5, 0.6) is 11.5 Å². The van der Waals surface area contributed by atoms with Crippen LogP contribution in [0.1, 0.15) is 10.4 Å². The summed E-state index contributed by atoms with van der Waals surface area (Å²) in [5, 5.41) is 18.5. The van der Waals surface area contributed by atoms with Gasteiger partial charge in [-0.05, 0) is 12.1 Å². The number of carbonyl (C=O) groups is 1. The fourth-order valence-electron chi connectivity index (χ4n) is 1.25. The third kappa shape index (κ3) is 3.27. The molecule has 0 saturated carbocycles. The number of hydrogen-bond acceptors (Lipinski definition) is 3. The van der Waals surface area contributed by atoms with Gasteiger partial charge in [0.1, 0.15) is 6.54 Å². The first-order chi connectivity index (χ1) is 7.72. The van der Waals surface area contributed by atoms with Gasteiger partial charge in [0.25, 0.3) is 5.91 Å². The van der Waals surface area contributed by atoms with Gasteiger partial charge >= 0.3 is 6.18 Å². The highest BCUT2D eigenvalue weighted by molar-refractivity contribution is 5.97. The molecule has 1 amide bonds. The van der Waals surface area contributed by atoms with Crippen LogP contribution in [0.25, 0.3) is 0 Å². The largest absolute Gasteiger partial charge is 0.504 e. The number of carbonyl (C=O) groups excluding carboxylic acids is 1. The van der Waals surface area contributed by atoms with Crippen molar-refractivity contribution in [2.75, 3.05) is 13.6 Å². The molecule has 0 aliphatic carbocycles. The van der Waals surface area contributed by atoms with Crippen LogP contribution in [0.15, 0.2) is 18.2 Å². The van der Waals surface area contributed by atoms with Gasteiger partial charge in [0.15, 0.2) is 11.5 Å². The van der Waals surface area contributed by atoms with E-state index in [0.717, 1.165) is 19.2 Å². The van der Waals surface area contributed by atoms with Crippen molar-refractivity contribution in [1.82, 2.24) is 4.90 Å². The Morgan fingerprint density at radius 3 is 2.47 bits per heavy atom. The van der Waals surface area contributed by atoms with Gasteiger partial charge in [-0.2, -0.15) is 13.2 Å². The molecule has 0 bridgehead atoms. The number of amides is 1. The molecule has 1 aromatic rings. The molecule has 0 atom stereocenters. The summed E-state index contributed by atoms with van der Waals surface area (Å²) in [5.41, 5.74) is -0.378. The van der Waals surface area contributed by atoms with Crippen molar-refractivity contribution in [3.63, 3.8) is 0 Å². The van der Waals surface area contributed by atoms with Crippen molar-refractivity contribution >= 4 is 5.91 Å². The molecule has 0 unspecified atom stereocenters. The van der Waals surface area contributed by atoms with Gasteiger partial charge in [0.05, 0.1) is 5.56 Å². The van der Waals surface area contributed by atoms with Gasteiger partial charge < -0.3 is 15.1 Å². The van der Waals surface area contributed by atoms with Gasteiger partial charge in [-0.25, -0.2) is 0 Å². The molecule has 7 heteroatoms. The average Bonchev–Trinajstić information content (AvgIpc) is 2.18. The summed E-state index contributed by atoms with van der Waals surface area (Å²) >= 11 is 0. The van der Waals surface area contributed by atoms with Crippen LogP contribution in [0.4, 0.5) is 13.2 Å². The highest BCUT2D eigenvalue weighted by Gasteiger charge is 2.32. The predicted octanol–water partition coefficient (Wildman–Crippen LogP) is 1.73. The summed E-state index contributed by atoms with van der Waals surface area (Å²) in [6, 6.07) is 3.50. The summed E-state index contributed by atoms with van der Waals surface area (Å²) in [4.78, 5) is 12.0. The molecular formula is C10H10F3NO3. The number of benzene rings is 1.